The molecule has 9 heteroatoms. The van der Waals surface area contributed by atoms with E-state index in [1.807, 2.05) is 6.07 Å². The normalized spacial score (nSPS) is 12.2. The average Bonchev–Trinajstić information content (AvgIpc) is 2.79. The lowest BCUT2D eigenvalue weighted by Gasteiger charge is -2.31. The molecule has 0 aromatic heterocycles. The molecule has 0 heterocycles. The van der Waals surface area contributed by atoms with Crippen molar-refractivity contribution in [2.45, 2.75) is 30.7 Å². The Kier molecular flexibility index (Phi) is 8.65. The van der Waals surface area contributed by atoms with E-state index in [4.69, 9.17) is 34.8 Å². The van der Waals surface area contributed by atoms with Crippen molar-refractivity contribution in [1.82, 2.24) is 5.32 Å². The van der Waals surface area contributed by atoms with Crippen LogP contribution in [0.2, 0.25) is 15.1 Å². The van der Waals surface area contributed by atoms with Crippen LogP contribution < -0.4 is 9.62 Å². The van der Waals surface area contributed by atoms with E-state index in [1.165, 1.54) is 34.6 Å². The lowest BCUT2D eigenvalue weighted by molar-refractivity contribution is 0.0952. The molecule has 0 aliphatic carbocycles. The van der Waals surface area contributed by atoms with Crippen molar-refractivity contribution in [2.75, 3.05) is 10.8 Å². The summed E-state index contributed by atoms with van der Waals surface area (Å²) in [6.45, 7) is 2.19. The Balaban J connectivity index is 1.79. The third-order valence-electron chi connectivity index (χ3n) is 5.04. The largest absolute Gasteiger partial charge is 0.352 e. The highest BCUT2D eigenvalue weighted by atomic mass is 35.5. The molecular weight excluding hydrogens is 503 g/mol. The van der Waals surface area contributed by atoms with E-state index in [1.54, 1.807) is 43.3 Å². The number of halogens is 3. The molecule has 0 aliphatic heterocycles. The first-order chi connectivity index (χ1) is 15.7. The fourth-order valence-corrected chi connectivity index (χ4v) is 5.63. The van der Waals surface area contributed by atoms with E-state index in [0.717, 1.165) is 0 Å². The molecule has 0 fully saturated rings. The molecule has 0 bridgehead atoms. The third kappa shape index (κ3) is 6.42. The summed E-state index contributed by atoms with van der Waals surface area (Å²) in [5.74, 6) is -0.174. The van der Waals surface area contributed by atoms with E-state index in [9.17, 15) is 13.2 Å². The van der Waals surface area contributed by atoms with Gasteiger partial charge in [0.05, 0.1) is 15.6 Å². The molecule has 3 rings (SSSR count). The zero-order valence-electron chi connectivity index (χ0n) is 17.8. The molecule has 3 aromatic carbocycles. The van der Waals surface area contributed by atoms with E-state index in [-0.39, 0.29) is 15.8 Å². The number of carbonyl (C=O) groups is 1. The maximum atomic E-state index is 13.6. The molecule has 1 unspecified atom stereocenters. The van der Waals surface area contributed by atoms with Crippen molar-refractivity contribution in [3.8, 4) is 0 Å². The summed E-state index contributed by atoms with van der Waals surface area (Å²) in [6.07, 6.45) is 1.04. The number of nitrogens with one attached hydrogen (secondary N) is 1. The van der Waals surface area contributed by atoms with Gasteiger partial charge in [0.2, 0.25) is 0 Å². The number of rotatable bonds is 9. The molecule has 1 N–H and O–H groups in total. The minimum Gasteiger partial charge on any atom is -0.352 e. The van der Waals surface area contributed by atoms with Crippen LogP contribution in [0, 0.1) is 0 Å². The second-order valence-corrected chi connectivity index (χ2v) is 10.6. The summed E-state index contributed by atoms with van der Waals surface area (Å²) < 4.78 is 28.5. The Morgan fingerprint density at radius 3 is 2.24 bits per heavy atom. The molecule has 3 aromatic rings. The van der Waals surface area contributed by atoms with Crippen LogP contribution in [-0.4, -0.2) is 26.9 Å². The van der Waals surface area contributed by atoms with Crippen LogP contribution in [0.4, 0.5) is 5.69 Å². The van der Waals surface area contributed by atoms with E-state index in [0.29, 0.717) is 40.7 Å². The Hall–Kier alpha value is -2.25. The molecule has 5 nitrogen and oxygen atoms in total. The van der Waals surface area contributed by atoms with Crippen LogP contribution in [-0.2, 0) is 10.0 Å². The SMILES string of the molecule is CC(CCCNC(=O)c1ccccc1)N(c1cc(Cl)ccc1Cl)S(=O)(=O)c1ccc(Cl)cc1. The van der Waals surface area contributed by atoms with Gasteiger partial charge < -0.3 is 5.32 Å². The topological polar surface area (TPSA) is 66.5 Å². The fourth-order valence-electron chi connectivity index (χ4n) is 3.39. The van der Waals surface area contributed by atoms with Crippen molar-refractivity contribution in [3.63, 3.8) is 0 Å². The summed E-state index contributed by atoms with van der Waals surface area (Å²) in [7, 11) is -3.96. The van der Waals surface area contributed by atoms with E-state index >= 15 is 0 Å². The fraction of sp³-hybridized carbons (Fsp3) is 0.208. The van der Waals surface area contributed by atoms with Crippen LogP contribution in [0.25, 0.3) is 0 Å². The predicted octanol–water partition coefficient (Wildman–Crippen LogP) is 6.44. The van der Waals surface area contributed by atoms with Crippen molar-refractivity contribution in [2.24, 2.45) is 0 Å². The van der Waals surface area contributed by atoms with E-state index in [2.05, 4.69) is 5.32 Å². The summed E-state index contributed by atoms with van der Waals surface area (Å²) in [6, 6.07) is 19.1. The van der Waals surface area contributed by atoms with Crippen molar-refractivity contribution < 1.29 is 13.2 Å². The minimum absolute atomic E-state index is 0.0900. The number of nitrogens with zero attached hydrogens (tertiary/aromatic N) is 1. The summed E-state index contributed by atoms with van der Waals surface area (Å²) in [5, 5.41) is 3.93. The predicted molar refractivity (Wildman–Crippen MR) is 135 cm³/mol. The number of benzene rings is 3. The van der Waals surface area contributed by atoms with Crippen molar-refractivity contribution >= 4 is 56.4 Å². The van der Waals surface area contributed by atoms with Crippen LogP contribution in [0.3, 0.4) is 0 Å². The van der Waals surface area contributed by atoms with E-state index < -0.39 is 16.1 Å². The van der Waals surface area contributed by atoms with Gasteiger partial charge in [-0.15, -0.1) is 0 Å². The zero-order valence-corrected chi connectivity index (χ0v) is 20.9. The number of amides is 1. The van der Waals surface area contributed by atoms with Crippen LogP contribution in [0.1, 0.15) is 30.1 Å². The lowest BCUT2D eigenvalue weighted by atomic mass is 10.1. The first-order valence-electron chi connectivity index (χ1n) is 10.3. The van der Waals surface area contributed by atoms with Gasteiger partial charge >= 0.3 is 0 Å². The third-order valence-corrected chi connectivity index (χ3v) is 7.79. The van der Waals surface area contributed by atoms with Gasteiger partial charge in [0, 0.05) is 28.2 Å². The molecule has 1 amide bonds. The quantitative estimate of drug-likeness (QED) is 0.327. The van der Waals surface area contributed by atoms with Gasteiger partial charge in [0.1, 0.15) is 0 Å². The Labute approximate surface area is 209 Å². The highest BCUT2D eigenvalue weighted by Crippen LogP contribution is 2.35. The van der Waals surface area contributed by atoms with Crippen LogP contribution in [0.15, 0.2) is 77.7 Å². The first kappa shape index (κ1) is 25.4. The van der Waals surface area contributed by atoms with Gasteiger partial charge in [-0.05, 0) is 74.4 Å². The number of hydrogen-bond donors (Lipinski definition) is 1. The number of carbonyl (C=O) groups excluding carboxylic acids is 1. The lowest BCUT2D eigenvalue weighted by Crippen LogP contribution is -2.39. The molecule has 1 atom stereocenters. The maximum Gasteiger partial charge on any atom is 0.264 e. The summed E-state index contributed by atoms with van der Waals surface area (Å²) in [5.41, 5.74) is 0.864. The monoisotopic (exact) mass is 524 g/mol. The average molecular weight is 526 g/mol. The van der Waals surface area contributed by atoms with Gasteiger partial charge in [-0.25, -0.2) is 8.42 Å². The molecular formula is C24H23Cl3N2O3S. The maximum absolute atomic E-state index is 13.6. The smallest absolute Gasteiger partial charge is 0.264 e. The zero-order chi connectivity index (χ0) is 24.0. The van der Waals surface area contributed by atoms with Crippen molar-refractivity contribution in [1.29, 1.82) is 0 Å². The van der Waals surface area contributed by atoms with Gasteiger partial charge in [-0.2, -0.15) is 0 Å². The standard InChI is InChI=1S/C24H23Cl3N2O3S/c1-17(6-5-15-28-24(30)18-7-3-2-4-8-18)29(23-16-20(26)11-14-22(23)27)33(31,32)21-12-9-19(25)10-13-21/h2-4,7-14,16-17H,5-6,15H2,1H3,(H,28,30). The molecule has 33 heavy (non-hydrogen) atoms. The summed E-state index contributed by atoms with van der Waals surface area (Å²) >= 11 is 18.5. The Morgan fingerprint density at radius 2 is 1.58 bits per heavy atom. The molecule has 0 radical (unpaired) electrons. The number of anilines is 1. The van der Waals surface area contributed by atoms with Crippen molar-refractivity contribution in [3.05, 3.63) is 93.4 Å². The van der Waals surface area contributed by atoms with Gasteiger partial charge in [-0.3, -0.25) is 9.10 Å². The molecule has 174 valence electrons. The molecule has 0 saturated carbocycles. The Bertz CT molecular complexity index is 1200. The first-order valence-corrected chi connectivity index (χ1v) is 12.9. The van der Waals surface area contributed by atoms with Gasteiger partial charge in [0.25, 0.3) is 15.9 Å². The van der Waals surface area contributed by atoms with Crippen LogP contribution in [0.5, 0.6) is 0 Å². The highest BCUT2D eigenvalue weighted by molar-refractivity contribution is 7.92. The Morgan fingerprint density at radius 1 is 0.939 bits per heavy atom. The molecule has 0 saturated heterocycles. The second-order valence-electron chi connectivity index (χ2n) is 7.46. The number of sulfonamides is 1. The second kappa shape index (κ2) is 11.3. The van der Waals surface area contributed by atoms with Gasteiger partial charge in [0.15, 0.2) is 0 Å². The summed E-state index contributed by atoms with van der Waals surface area (Å²) in [4.78, 5) is 12.3. The number of hydrogen-bond acceptors (Lipinski definition) is 3. The van der Waals surface area contributed by atoms with Crippen LogP contribution >= 0.6 is 34.8 Å². The minimum atomic E-state index is -3.96. The molecule has 0 aliphatic rings. The van der Waals surface area contributed by atoms with Gasteiger partial charge in [-0.1, -0.05) is 53.0 Å². The molecule has 0 spiro atoms. The highest BCUT2D eigenvalue weighted by Gasteiger charge is 2.31.